The van der Waals surface area contributed by atoms with Gasteiger partial charge in [-0.25, -0.2) is 0 Å². The molecule has 0 fully saturated rings. The van der Waals surface area contributed by atoms with Crippen molar-refractivity contribution in [1.29, 1.82) is 0 Å². The molecule has 5 heteroatoms. The van der Waals surface area contributed by atoms with E-state index in [0.29, 0.717) is 23.2 Å². The molecule has 2 aromatic rings. The quantitative estimate of drug-likeness (QED) is 0.840. The molecular formula is C16H17N3O2. The molecule has 1 amide bonds. The molecule has 5 nitrogen and oxygen atoms in total. The largest absolute Gasteiger partial charge is 0.384 e. The van der Waals surface area contributed by atoms with Crippen molar-refractivity contribution < 1.29 is 9.90 Å². The van der Waals surface area contributed by atoms with Crippen molar-refractivity contribution in [3.8, 4) is 11.8 Å². The number of nitrogens with one attached hydrogen (secondary N) is 1. The van der Waals surface area contributed by atoms with Crippen molar-refractivity contribution in [1.82, 2.24) is 9.78 Å². The first kappa shape index (κ1) is 14.8. The second-order valence-corrected chi connectivity index (χ2v) is 4.48. The van der Waals surface area contributed by atoms with Crippen molar-refractivity contribution in [3.63, 3.8) is 0 Å². The molecule has 1 heterocycles. The highest BCUT2D eigenvalue weighted by molar-refractivity contribution is 6.05. The van der Waals surface area contributed by atoms with Gasteiger partial charge < -0.3 is 10.4 Å². The van der Waals surface area contributed by atoms with Crippen molar-refractivity contribution in [3.05, 3.63) is 47.3 Å². The van der Waals surface area contributed by atoms with E-state index in [1.165, 1.54) is 0 Å². The molecule has 0 aliphatic carbocycles. The highest BCUT2D eigenvalue weighted by Crippen LogP contribution is 2.16. The number of aliphatic hydroxyl groups is 1. The van der Waals surface area contributed by atoms with Gasteiger partial charge in [-0.2, -0.15) is 5.10 Å². The molecule has 0 saturated carbocycles. The first-order valence-corrected chi connectivity index (χ1v) is 6.68. The van der Waals surface area contributed by atoms with Crippen molar-refractivity contribution in [2.75, 3.05) is 11.9 Å². The summed E-state index contributed by atoms with van der Waals surface area (Å²) in [6.45, 7) is 1.74. The molecule has 0 radical (unpaired) electrons. The minimum atomic E-state index is -0.217. The minimum Gasteiger partial charge on any atom is -0.384 e. The zero-order valence-electron chi connectivity index (χ0n) is 12.1. The topological polar surface area (TPSA) is 67.2 Å². The Labute approximate surface area is 123 Å². The third kappa shape index (κ3) is 3.50. The predicted octanol–water partition coefficient (Wildman–Crippen LogP) is 1.58. The molecule has 0 atom stereocenters. The number of anilines is 1. The van der Waals surface area contributed by atoms with Gasteiger partial charge in [-0.1, -0.05) is 30.9 Å². The summed E-state index contributed by atoms with van der Waals surface area (Å²) in [6, 6.07) is 7.23. The predicted molar refractivity (Wildman–Crippen MR) is 80.9 cm³/mol. The Bertz CT molecular complexity index is 708. The van der Waals surface area contributed by atoms with E-state index in [4.69, 9.17) is 5.11 Å². The summed E-state index contributed by atoms with van der Waals surface area (Å²) in [5.74, 6) is 5.19. The molecule has 1 aromatic heterocycles. The lowest BCUT2D eigenvalue weighted by Crippen LogP contribution is -2.14. The first-order valence-electron chi connectivity index (χ1n) is 6.68. The van der Waals surface area contributed by atoms with Crippen LogP contribution in [-0.4, -0.2) is 27.4 Å². The number of hydrogen-bond donors (Lipinski definition) is 2. The van der Waals surface area contributed by atoms with Crippen LogP contribution in [0.3, 0.4) is 0 Å². The van der Waals surface area contributed by atoms with E-state index in [1.807, 2.05) is 19.1 Å². The van der Waals surface area contributed by atoms with Crippen LogP contribution in [0.5, 0.6) is 0 Å². The second kappa shape index (κ2) is 6.73. The maximum Gasteiger partial charge on any atom is 0.259 e. The Kier molecular flexibility index (Phi) is 4.75. The van der Waals surface area contributed by atoms with Gasteiger partial charge >= 0.3 is 0 Å². The number of carbonyl (C=O) groups is 1. The fourth-order valence-corrected chi connectivity index (χ4v) is 2.01. The van der Waals surface area contributed by atoms with Crippen LogP contribution >= 0.6 is 0 Å². The molecule has 2 N–H and O–H groups in total. The Morgan fingerprint density at radius 1 is 1.43 bits per heavy atom. The summed E-state index contributed by atoms with van der Waals surface area (Å²) in [7, 11) is 1.79. The number of aromatic nitrogens is 2. The molecule has 21 heavy (non-hydrogen) atoms. The van der Waals surface area contributed by atoms with Gasteiger partial charge in [-0.3, -0.25) is 9.48 Å². The summed E-state index contributed by atoms with van der Waals surface area (Å²) in [4.78, 5) is 12.4. The number of aliphatic hydroxyl groups excluding tert-OH is 1. The normalized spacial score (nSPS) is 9.86. The molecule has 2 rings (SSSR count). The number of amides is 1. The van der Waals surface area contributed by atoms with Gasteiger partial charge in [0.15, 0.2) is 0 Å². The van der Waals surface area contributed by atoms with Crippen LogP contribution in [0.15, 0.2) is 30.5 Å². The summed E-state index contributed by atoms with van der Waals surface area (Å²) in [6.07, 6.45) is 2.39. The third-order valence-corrected chi connectivity index (χ3v) is 2.96. The van der Waals surface area contributed by atoms with Crippen LogP contribution in [0.2, 0.25) is 0 Å². The lowest BCUT2D eigenvalue weighted by Gasteiger charge is -2.07. The fraction of sp³-hybridized carbons (Fsp3) is 0.250. The zero-order chi connectivity index (χ0) is 15.2. The smallest absolute Gasteiger partial charge is 0.259 e. The summed E-state index contributed by atoms with van der Waals surface area (Å²) in [5, 5.41) is 15.9. The Balaban J connectivity index is 2.27. The van der Waals surface area contributed by atoms with Crippen LogP contribution in [0.4, 0.5) is 5.69 Å². The molecule has 108 valence electrons. The third-order valence-electron chi connectivity index (χ3n) is 2.96. The van der Waals surface area contributed by atoms with Crippen molar-refractivity contribution in [2.24, 2.45) is 7.05 Å². The van der Waals surface area contributed by atoms with Gasteiger partial charge in [-0.15, -0.1) is 0 Å². The molecule has 0 saturated heterocycles. The number of hydrogen-bond acceptors (Lipinski definition) is 3. The van der Waals surface area contributed by atoms with E-state index in [0.717, 1.165) is 5.69 Å². The summed E-state index contributed by atoms with van der Waals surface area (Å²) in [5.41, 5.74) is 2.61. The molecule has 0 aliphatic heterocycles. The molecule has 0 bridgehead atoms. The van der Waals surface area contributed by atoms with E-state index in [-0.39, 0.29) is 12.5 Å². The van der Waals surface area contributed by atoms with E-state index in [2.05, 4.69) is 22.3 Å². The van der Waals surface area contributed by atoms with E-state index >= 15 is 0 Å². The maximum atomic E-state index is 12.4. The van der Waals surface area contributed by atoms with Crippen LogP contribution in [-0.2, 0) is 13.5 Å². The van der Waals surface area contributed by atoms with Crippen LogP contribution in [0.1, 0.15) is 28.5 Å². The number of aryl methyl sites for hydroxylation is 2. The molecule has 1 aromatic carbocycles. The number of para-hydroxylation sites is 1. The lowest BCUT2D eigenvalue weighted by molar-refractivity contribution is 0.102. The molecular weight excluding hydrogens is 266 g/mol. The number of nitrogens with zero attached hydrogens (tertiary/aromatic N) is 2. The van der Waals surface area contributed by atoms with Crippen molar-refractivity contribution in [2.45, 2.75) is 13.3 Å². The van der Waals surface area contributed by atoms with Gasteiger partial charge in [0.2, 0.25) is 0 Å². The monoisotopic (exact) mass is 283 g/mol. The molecule has 0 unspecified atom stereocenters. The standard InChI is InChI=1S/C16H17N3O2/c1-3-14-13(11-19(2)18-14)16(21)17-15-9-5-4-7-12(15)8-6-10-20/h4-5,7,9,11,20H,3,10H2,1-2H3,(H,17,21). The van der Waals surface area contributed by atoms with Crippen LogP contribution < -0.4 is 5.32 Å². The van der Waals surface area contributed by atoms with Gasteiger partial charge in [0, 0.05) is 18.8 Å². The van der Waals surface area contributed by atoms with Crippen LogP contribution in [0, 0.1) is 11.8 Å². The van der Waals surface area contributed by atoms with E-state index < -0.39 is 0 Å². The first-order chi connectivity index (χ1) is 10.2. The maximum absolute atomic E-state index is 12.4. The van der Waals surface area contributed by atoms with Gasteiger partial charge in [0.25, 0.3) is 5.91 Å². The summed E-state index contributed by atoms with van der Waals surface area (Å²) >= 11 is 0. The number of benzene rings is 1. The van der Waals surface area contributed by atoms with Gasteiger partial charge in [0.05, 0.1) is 16.9 Å². The Hall–Kier alpha value is -2.58. The zero-order valence-corrected chi connectivity index (χ0v) is 12.1. The van der Waals surface area contributed by atoms with Crippen LogP contribution in [0.25, 0.3) is 0 Å². The summed E-state index contributed by atoms with van der Waals surface area (Å²) < 4.78 is 1.63. The SMILES string of the molecule is CCc1nn(C)cc1C(=O)Nc1ccccc1C#CCO. The number of rotatable bonds is 3. The average molecular weight is 283 g/mol. The van der Waals surface area contributed by atoms with Gasteiger partial charge in [-0.05, 0) is 18.6 Å². The fourth-order valence-electron chi connectivity index (χ4n) is 2.01. The lowest BCUT2D eigenvalue weighted by atomic mass is 10.1. The number of carbonyl (C=O) groups excluding carboxylic acids is 1. The highest BCUT2D eigenvalue weighted by Gasteiger charge is 2.15. The van der Waals surface area contributed by atoms with E-state index in [1.54, 1.807) is 30.1 Å². The second-order valence-electron chi connectivity index (χ2n) is 4.48. The Morgan fingerprint density at radius 2 is 2.19 bits per heavy atom. The Morgan fingerprint density at radius 3 is 2.90 bits per heavy atom. The van der Waals surface area contributed by atoms with Crippen molar-refractivity contribution >= 4 is 11.6 Å². The minimum absolute atomic E-state index is 0.210. The molecule has 0 aliphatic rings. The van der Waals surface area contributed by atoms with E-state index in [9.17, 15) is 4.79 Å². The highest BCUT2D eigenvalue weighted by atomic mass is 16.2. The average Bonchev–Trinajstić information content (AvgIpc) is 2.87. The molecule has 0 spiro atoms. The van der Waals surface area contributed by atoms with Gasteiger partial charge in [0.1, 0.15) is 6.61 Å².